The average Bonchev–Trinajstić information content (AvgIpc) is 3.25. The monoisotopic (exact) mass is 437 g/mol. The first-order valence-electron chi connectivity index (χ1n) is 9.17. The zero-order valence-electron chi connectivity index (χ0n) is 16.0. The maximum absolute atomic E-state index is 13.0. The minimum absolute atomic E-state index is 0.0383. The van der Waals surface area contributed by atoms with Gasteiger partial charge in [0.05, 0.1) is 13.3 Å². The van der Waals surface area contributed by atoms with Crippen molar-refractivity contribution in [2.75, 3.05) is 32.1 Å². The first-order chi connectivity index (χ1) is 14.0. The maximum atomic E-state index is 13.0. The minimum Gasteiger partial charge on any atom is -0.495 e. The molecule has 0 radical (unpaired) electrons. The lowest BCUT2D eigenvalue weighted by Gasteiger charge is -2.26. The number of hydrogen-bond donors (Lipinski definition) is 1. The van der Waals surface area contributed by atoms with Crippen molar-refractivity contribution in [2.45, 2.75) is 24.2 Å². The molecule has 1 N–H and O–H groups in total. The minimum atomic E-state index is -3.71. The number of hydrogen-bond acceptors (Lipinski definition) is 7. The molecule has 0 atom stereocenters. The quantitative estimate of drug-likeness (QED) is 0.506. The first kappa shape index (κ1) is 21.3. The molecule has 0 bridgehead atoms. The van der Waals surface area contributed by atoms with Gasteiger partial charge in [-0.3, -0.25) is 4.79 Å². The second-order valence-electron chi connectivity index (χ2n) is 6.40. The van der Waals surface area contributed by atoms with Gasteiger partial charge in [0.15, 0.2) is 6.61 Å². The Balaban J connectivity index is 1.67. The summed E-state index contributed by atoms with van der Waals surface area (Å²) >= 11 is 1.50. The highest BCUT2D eigenvalue weighted by Crippen LogP contribution is 2.31. The van der Waals surface area contributed by atoms with E-state index in [1.807, 2.05) is 17.5 Å². The number of piperidine rings is 1. The van der Waals surface area contributed by atoms with Crippen molar-refractivity contribution < 1.29 is 22.8 Å². The largest absolute Gasteiger partial charge is 0.495 e. The fraction of sp³-hybridized carbons (Fsp3) is 0.368. The third-order valence-electron chi connectivity index (χ3n) is 4.37. The number of methoxy groups -OCH3 is 1. The van der Waals surface area contributed by atoms with Gasteiger partial charge in [0.25, 0.3) is 5.91 Å². The van der Waals surface area contributed by atoms with Crippen molar-refractivity contribution in [3.8, 4) is 5.75 Å². The zero-order valence-corrected chi connectivity index (χ0v) is 17.7. The number of ether oxygens (including phenoxy) is 1. The van der Waals surface area contributed by atoms with E-state index >= 15 is 0 Å². The zero-order chi connectivity index (χ0) is 20.7. The van der Waals surface area contributed by atoms with Crippen molar-refractivity contribution in [3.63, 3.8) is 0 Å². The SMILES string of the molecule is COc1ccc(NC(=O)CO/N=C\c2cccs2)cc1S(=O)(=O)N1CCCCC1. The number of rotatable bonds is 8. The molecule has 1 aliphatic heterocycles. The molecule has 1 aromatic carbocycles. The van der Waals surface area contributed by atoms with Gasteiger partial charge in [0, 0.05) is 23.7 Å². The highest BCUT2D eigenvalue weighted by atomic mass is 32.2. The van der Waals surface area contributed by atoms with Gasteiger partial charge in [0.1, 0.15) is 10.6 Å². The molecule has 2 aromatic rings. The third kappa shape index (κ3) is 5.55. The second kappa shape index (κ2) is 9.86. The summed E-state index contributed by atoms with van der Waals surface area (Å²) in [4.78, 5) is 18.0. The molecule has 0 saturated carbocycles. The van der Waals surface area contributed by atoms with Gasteiger partial charge in [-0.05, 0) is 42.5 Å². The molecule has 1 saturated heterocycles. The predicted octanol–water partition coefficient (Wildman–Crippen LogP) is 2.92. The standard InChI is InChI=1S/C19H23N3O5S2/c1-26-17-8-7-15(12-18(17)29(24,25)22-9-3-2-4-10-22)21-19(23)14-27-20-13-16-6-5-11-28-16/h5-8,11-13H,2-4,9-10,14H2,1H3,(H,21,23)/b20-13-. The molecule has 2 heterocycles. The number of carbonyl (C=O) groups is 1. The van der Waals surface area contributed by atoms with Crippen LogP contribution in [0.4, 0.5) is 5.69 Å². The molecule has 0 aliphatic carbocycles. The van der Waals surface area contributed by atoms with Crippen LogP contribution in [0.25, 0.3) is 0 Å². The highest BCUT2D eigenvalue weighted by Gasteiger charge is 2.29. The van der Waals surface area contributed by atoms with Gasteiger partial charge < -0.3 is 14.9 Å². The molecule has 156 valence electrons. The van der Waals surface area contributed by atoms with Crippen LogP contribution >= 0.6 is 11.3 Å². The second-order valence-corrected chi connectivity index (χ2v) is 9.29. The van der Waals surface area contributed by atoms with Crippen LogP contribution in [0.3, 0.4) is 0 Å². The fourth-order valence-electron chi connectivity index (χ4n) is 2.95. The molecule has 1 amide bonds. The van der Waals surface area contributed by atoms with E-state index < -0.39 is 15.9 Å². The number of oxime groups is 1. The van der Waals surface area contributed by atoms with Crippen LogP contribution in [-0.2, 0) is 19.7 Å². The molecule has 1 fully saturated rings. The molecule has 1 aliphatic rings. The van der Waals surface area contributed by atoms with Crippen LogP contribution in [0.15, 0.2) is 45.8 Å². The molecular formula is C19H23N3O5S2. The Kier molecular flexibility index (Phi) is 7.24. The fourth-order valence-corrected chi connectivity index (χ4v) is 5.22. The molecule has 29 heavy (non-hydrogen) atoms. The Morgan fingerprint density at radius 1 is 1.28 bits per heavy atom. The number of sulfonamides is 1. The van der Waals surface area contributed by atoms with E-state index in [0.29, 0.717) is 18.8 Å². The Labute approximate surface area is 174 Å². The van der Waals surface area contributed by atoms with Crippen molar-refractivity contribution >= 4 is 39.2 Å². The van der Waals surface area contributed by atoms with E-state index in [0.717, 1.165) is 24.1 Å². The molecule has 10 heteroatoms. The Hall–Kier alpha value is -2.43. The van der Waals surface area contributed by atoms with Gasteiger partial charge >= 0.3 is 0 Å². The summed E-state index contributed by atoms with van der Waals surface area (Å²) in [5.74, 6) is -0.204. The van der Waals surface area contributed by atoms with Crippen LogP contribution in [0, 0.1) is 0 Å². The van der Waals surface area contributed by atoms with Gasteiger partial charge in [-0.2, -0.15) is 4.31 Å². The van der Waals surface area contributed by atoms with E-state index in [4.69, 9.17) is 9.57 Å². The summed E-state index contributed by atoms with van der Waals surface area (Å²) in [6.45, 7) is 0.679. The van der Waals surface area contributed by atoms with Crippen molar-refractivity contribution in [2.24, 2.45) is 5.16 Å². The van der Waals surface area contributed by atoms with Crippen LogP contribution in [0.1, 0.15) is 24.1 Å². The topological polar surface area (TPSA) is 97.3 Å². The van der Waals surface area contributed by atoms with Gasteiger partial charge in [0.2, 0.25) is 10.0 Å². The summed E-state index contributed by atoms with van der Waals surface area (Å²) in [7, 11) is -2.29. The lowest BCUT2D eigenvalue weighted by atomic mass is 10.2. The smallest absolute Gasteiger partial charge is 0.265 e. The molecule has 3 rings (SSSR count). The van der Waals surface area contributed by atoms with Gasteiger partial charge in [-0.15, -0.1) is 11.3 Å². The number of nitrogens with zero attached hydrogens (tertiary/aromatic N) is 2. The van der Waals surface area contributed by atoms with Crippen LogP contribution in [0.5, 0.6) is 5.75 Å². The van der Waals surface area contributed by atoms with Crippen LogP contribution < -0.4 is 10.1 Å². The molecular weight excluding hydrogens is 414 g/mol. The van der Waals surface area contributed by atoms with Crippen LogP contribution in [-0.4, -0.2) is 51.7 Å². The Morgan fingerprint density at radius 2 is 2.07 bits per heavy atom. The molecule has 0 spiro atoms. The van der Waals surface area contributed by atoms with Crippen LogP contribution in [0.2, 0.25) is 0 Å². The lowest BCUT2D eigenvalue weighted by Crippen LogP contribution is -2.35. The molecule has 8 nitrogen and oxygen atoms in total. The summed E-state index contributed by atoms with van der Waals surface area (Å²) in [5, 5.41) is 8.28. The summed E-state index contributed by atoms with van der Waals surface area (Å²) < 4.78 is 32.7. The average molecular weight is 438 g/mol. The number of benzene rings is 1. The Bertz CT molecular complexity index is 952. The summed E-state index contributed by atoms with van der Waals surface area (Å²) in [6.07, 6.45) is 4.21. The van der Waals surface area contributed by atoms with Gasteiger partial charge in [-0.25, -0.2) is 8.42 Å². The number of nitrogens with one attached hydrogen (secondary N) is 1. The normalized spacial score (nSPS) is 15.3. The van der Waals surface area contributed by atoms with Gasteiger partial charge in [-0.1, -0.05) is 17.6 Å². The highest BCUT2D eigenvalue weighted by molar-refractivity contribution is 7.89. The summed E-state index contributed by atoms with van der Waals surface area (Å²) in [6, 6.07) is 8.29. The third-order valence-corrected chi connectivity index (χ3v) is 7.10. The van der Waals surface area contributed by atoms with E-state index in [1.54, 1.807) is 6.07 Å². The lowest BCUT2D eigenvalue weighted by molar-refractivity contribution is -0.120. The van der Waals surface area contributed by atoms with Crippen molar-refractivity contribution in [1.29, 1.82) is 0 Å². The first-order valence-corrected chi connectivity index (χ1v) is 11.5. The number of amides is 1. The summed E-state index contributed by atoms with van der Waals surface area (Å²) in [5.41, 5.74) is 0.345. The Morgan fingerprint density at radius 3 is 2.76 bits per heavy atom. The van der Waals surface area contributed by atoms with E-state index in [2.05, 4.69) is 10.5 Å². The number of thiophene rings is 1. The number of anilines is 1. The maximum Gasteiger partial charge on any atom is 0.265 e. The molecule has 1 aromatic heterocycles. The van der Waals surface area contributed by atoms with E-state index in [-0.39, 0.29) is 17.3 Å². The molecule has 0 unspecified atom stereocenters. The van der Waals surface area contributed by atoms with Crippen molar-refractivity contribution in [1.82, 2.24) is 4.31 Å². The van der Waals surface area contributed by atoms with E-state index in [9.17, 15) is 13.2 Å². The predicted molar refractivity (Wildman–Crippen MR) is 112 cm³/mol. The van der Waals surface area contributed by atoms with Crippen molar-refractivity contribution in [3.05, 3.63) is 40.6 Å². The van der Waals surface area contributed by atoms with E-state index in [1.165, 1.54) is 41.1 Å². The number of carbonyl (C=O) groups excluding carboxylic acids is 1.